The summed E-state index contributed by atoms with van der Waals surface area (Å²) in [5.41, 5.74) is 1.37. The average Bonchev–Trinajstić information content (AvgIpc) is 2.67. The standard InChI is InChI=1S/C21H24N2O4/c1-15(19(24)22(2)3)27-21(26)18-13-9-8-12-17(18)20(25)23(4)14-16-10-6-5-7-11-16/h5-13,15H,14H2,1-4H3/t15-/m0/s1. The molecule has 6 nitrogen and oxygen atoms in total. The van der Waals surface area contributed by atoms with Crippen LogP contribution in [0.15, 0.2) is 54.6 Å². The lowest BCUT2D eigenvalue weighted by atomic mass is 10.1. The predicted molar refractivity (Wildman–Crippen MR) is 102 cm³/mol. The highest BCUT2D eigenvalue weighted by Crippen LogP contribution is 2.15. The number of ether oxygens (including phenoxy) is 1. The van der Waals surface area contributed by atoms with Crippen LogP contribution < -0.4 is 0 Å². The van der Waals surface area contributed by atoms with Gasteiger partial charge in [0, 0.05) is 27.7 Å². The molecule has 0 radical (unpaired) electrons. The molecule has 27 heavy (non-hydrogen) atoms. The van der Waals surface area contributed by atoms with Gasteiger partial charge in [-0.3, -0.25) is 9.59 Å². The molecule has 1 atom stereocenters. The predicted octanol–water partition coefficient (Wildman–Crippen LogP) is 2.59. The molecule has 0 aliphatic heterocycles. The lowest BCUT2D eigenvalue weighted by Crippen LogP contribution is -2.35. The van der Waals surface area contributed by atoms with E-state index in [1.54, 1.807) is 39.3 Å². The van der Waals surface area contributed by atoms with Crippen LogP contribution in [0, 0.1) is 0 Å². The number of esters is 1. The number of benzene rings is 2. The van der Waals surface area contributed by atoms with Crippen LogP contribution in [0.2, 0.25) is 0 Å². The maximum atomic E-state index is 12.8. The number of nitrogens with zero attached hydrogens (tertiary/aromatic N) is 2. The first-order valence-electron chi connectivity index (χ1n) is 8.61. The van der Waals surface area contributed by atoms with Gasteiger partial charge in [0.15, 0.2) is 6.10 Å². The Labute approximate surface area is 159 Å². The van der Waals surface area contributed by atoms with Gasteiger partial charge < -0.3 is 14.5 Å². The summed E-state index contributed by atoms with van der Waals surface area (Å²) in [4.78, 5) is 40.2. The van der Waals surface area contributed by atoms with Gasteiger partial charge in [-0.1, -0.05) is 42.5 Å². The monoisotopic (exact) mass is 368 g/mol. The molecule has 2 aromatic carbocycles. The minimum Gasteiger partial charge on any atom is -0.449 e. The Morgan fingerprint density at radius 2 is 1.44 bits per heavy atom. The second-order valence-corrected chi connectivity index (χ2v) is 6.47. The van der Waals surface area contributed by atoms with Crippen molar-refractivity contribution >= 4 is 17.8 Å². The van der Waals surface area contributed by atoms with E-state index in [1.807, 2.05) is 30.3 Å². The Kier molecular flexibility index (Phi) is 6.71. The van der Waals surface area contributed by atoms with Gasteiger partial charge in [0.25, 0.3) is 11.8 Å². The van der Waals surface area contributed by atoms with Crippen molar-refractivity contribution in [3.63, 3.8) is 0 Å². The van der Waals surface area contributed by atoms with Crippen LogP contribution >= 0.6 is 0 Å². The zero-order valence-corrected chi connectivity index (χ0v) is 16.0. The molecule has 142 valence electrons. The topological polar surface area (TPSA) is 66.9 Å². The van der Waals surface area contributed by atoms with Crippen molar-refractivity contribution in [3.8, 4) is 0 Å². The second kappa shape index (κ2) is 8.98. The van der Waals surface area contributed by atoms with Crippen LogP contribution in [-0.4, -0.2) is 54.8 Å². The Morgan fingerprint density at radius 1 is 0.889 bits per heavy atom. The van der Waals surface area contributed by atoms with Crippen LogP contribution in [0.3, 0.4) is 0 Å². The number of amides is 2. The fraction of sp³-hybridized carbons (Fsp3) is 0.286. The first-order valence-corrected chi connectivity index (χ1v) is 8.61. The molecule has 0 N–H and O–H groups in total. The van der Waals surface area contributed by atoms with E-state index in [4.69, 9.17) is 4.74 Å². The Hall–Kier alpha value is -3.15. The highest BCUT2D eigenvalue weighted by atomic mass is 16.5. The maximum Gasteiger partial charge on any atom is 0.339 e. The Balaban J connectivity index is 2.17. The molecular formula is C21H24N2O4. The van der Waals surface area contributed by atoms with Crippen molar-refractivity contribution in [1.29, 1.82) is 0 Å². The van der Waals surface area contributed by atoms with E-state index in [2.05, 4.69) is 0 Å². The summed E-state index contributed by atoms with van der Waals surface area (Å²) in [6, 6.07) is 16.0. The first-order chi connectivity index (χ1) is 12.8. The number of carbonyl (C=O) groups is 3. The molecule has 0 aliphatic carbocycles. The fourth-order valence-electron chi connectivity index (χ4n) is 2.62. The van der Waals surface area contributed by atoms with Crippen LogP contribution in [0.4, 0.5) is 0 Å². The van der Waals surface area contributed by atoms with Gasteiger partial charge in [-0.2, -0.15) is 0 Å². The lowest BCUT2D eigenvalue weighted by Gasteiger charge is -2.20. The number of hydrogen-bond acceptors (Lipinski definition) is 4. The van der Waals surface area contributed by atoms with Crippen molar-refractivity contribution in [2.45, 2.75) is 19.6 Å². The van der Waals surface area contributed by atoms with E-state index in [0.29, 0.717) is 6.54 Å². The number of carbonyl (C=O) groups excluding carboxylic acids is 3. The van der Waals surface area contributed by atoms with Gasteiger partial charge in [-0.15, -0.1) is 0 Å². The van der Waals surface area contributed by atoms with E-state index >= 15 is 0 Å². The van der Waals surface area contributed by atoms with Gasteiger partial charge in [0.05, 0.1) is 11.1 Å². The second-order valence-electron chi connectivity index (χ2n) is 6.47. The van der Waals surface area contributed by atoms with Crippen molar-refractivity contribution in [3.05, 3.63) is 71.3 Å². The van der Waals surface area contributed by atoms with E-state index in [1.165, 1.54) is 22.8 Å². The van der Waals surface area contributed by atoms with Crippen molar-refractivity contribution in [1.82, 2.24) is 9.80 Å². The number of hydrogen-bond donors (Lipinski definition) is 0. The van der Waals surface area contributed by atoms with Crippen LogP contribution in [0.5, 0.6) is 0 Å². The Bertz CT molecular complexity index is 818. The number of likely N-dealkylation sites (N-methyl/N-ethyl adjacent to an activating group) is 1. The highest BCUT2D eigenvalue weighted by molar-refractivity contribution is 6.05. The van der Waals surface area contributed by atoms with E-state index in [9.17, 15) is 14.4 Å². The zero-order valence-electron chi connectivity index (χ0n) is 16.0. The van der Waals surface area contributed by atoms with Gasteiger partial charge in [0.2, 0.25) is 0 Å². The summed E-state index contributed by atoms with van der Waals surface area (Å²) in [5.74, 6) is -1.32. The molecule has 0 saturated heterocycles. The molecule has 0 spiro atoms. The van der Waals surface area contributed by atoms with Crippen LogP contribution in [-0.2, 0) is 16.1 Å². The molecule has 0 bridgehead atoms. The third kappa shape index (κ3) is 5.17. The summed E-state index contributed by atoms with van der Waals surface area (Å²) in [7, 11) is 4.85. The molecule has 0 fully saturated rings. The SMILES string of the molecule is C[C@H](OC(=O)c1ccccc1C(=O)N(C)Cc1ccccc1)C(=O)N(C)C. The molecule has 0 saturated carbocycles. The van der Waals surface area contributed by atoms with Gasteiger partial charge in [-0.25, -0.2) is 4.79 Å². The molecule has 0 aliphatic rings. The molecule has 0 aromatic heterocycles. The highest BCUT2D eigenvalue weighted by Gasteiger charge is 2.24. The third-order valence-electron chi connectivity index (χ3n) is 4.06. The lowest BCUT2D eigenvalue weighted by molar-refractivity contribution is -0.137. The van der Waals surface area contributed by atoms with Crippen molar-refractivity contribution < 1.29 is 19.1 Å². The minimum atomic E-state index is -0.933. The molecule has 2 amide bonds. The molecule has 2 rings (SSSR count). The molecular weight excluding hydrogens is 344 g/mol. The maximum absolute atomic E-state index is 12.8. The Morgan fingerprint density at radius 3 is 2.04 bits per heavy atom. The van der Waals surface area contributed by atoms with Crippen LogP contribution in [0.25, 0.3) is 0 Å². The quantitative estimate of drug-likeness (QED) is 0.735. The zero-order chi connectivity index (χ0) is 20.0. The van der Waals surface area contributed by atoms with E-state index in [0.717, 1.165) is 5.56 Å². The minimum absolute atomic E-state index is 0.140. The third-order valence-corrected chi connectivity index (χ3v) is 4.06. The first kappa shape index (κ1) is 20.2. The molecule has 0 heterocycles. The summed E-state index contributed by atoms with van der Waals surface area (Å²) in [5, 5.41) is 0. The van der Waals surface area contributed by atoms with Gasteiger partial charge in [-0.05, 0) is 24.6 Å². The summed E-state index contributed by atoms with van der Waals surface area (Å²) >= 11 is 0. The van der Waals surface area contributed by atoms with Gasteiger partial charge >= 0.3 is 5.97 Å². The van der Waals surface area contributed by atoms with Crippen molar-refractivity contribution in [2.75, 3.05) is 21.1 Å². The normalized spacial score (nSPS) is 11.4. The largest absolute Gasteiger partial charge is 0.449 e. The molecule has 6 heteroatoms. The average molecular weight is 368 g/mol. The summed E-state index contributed by atoms with van der Waals surface area (Å²) in [6.07, 6.45) is -0.933. The smallest absolute Gasteiger partial charge is 0.339 e. The molecule has 2 aromatic rings. The summed E-state index contributed by atoms with van der Waals surface area (Å²) < 4.78 is 5.25. The van der Waals surface area contributed by atoms with Crippen LogP contribution in [0.1, 0.15) is 33.2 Å². The van der Waals surface area contributed by atoms with Gasteiger partial charge in [0.1, 0.15) is 0 Å². The number of rotatable bonds is 6. The van der Waals surface area contributed by atoms with E-state index in [-0.39, 0.29) is 22.9 Å². The molecule has 0 unspecified atom stereocenters. The van der Waals surface area contributed by atoms with E-state index < -0.39 is 12.1 Å². The van der Waals surface area contributed by atoms with Crippen molar-refractivity contribution in [2.24, 2.45) is 0 Å². The summed E-state index contributed by atoms with van der Waals surface area (Å²) in [6.45, 7) is 1.92. The fourth-order valence-corrected chi connectivity index (χ4v) is 2.62.